The molecule has 0 fully saturated rings. The van der Waals surface area contributed by atoms with Gasteiger partial charge in [-0.3, -0.25) is 0 Å². The minimum Gasteiger partial charge on any atom is -0.487 e. The lowest BCUT2D eigenvalue weighted by Gasteiger charge is -2.09. The van der Waals surface area contributed by atoms with Crippen LogP contribution < -0.4 is 4.74 Å². The van der Waals surface area contributed by atoms with Gasteiger partial charge in [-0.25, -0.2) is 4.98 Å². The second-order valence-electron chi connectivity index (χ2n) is 3.89. The van der Waals surface area contributed by atoms with E-state index in [1.54, 1.807) is 11.3 Å². The number of benzene rings is 1. The first-order chi connectivity index (χ1) is 8.19. The molecule has 17 heavy (non-hydrogen) atoms. The minimum absolute atomic E-state index is 0.465. The van der Waals surface area contributed by atoms with E-state index in [1.807, 2.05) is 31.4 Å². The molecule has 0 N–H and O–H groups in total. The minimum atomic E-state index is 0.465. The third-order valence-corrected chi connectivity index (χ3v) is 3.51. The summed E-state index contributed by atoms with van der Waals surface area (Å²) in [4.78, 5) is 4.36. The van der Waals surface area contributed by atoms with Gasteiger partial charge in [-0.15, -0.1) is 22.9 Å². The molecular weight excluding hydrogens is 254 g/mol. The number of nitrogens with zero attached hydrogens (tertiary/aromatic N) is 1. The monoisotopic (exact) mass is 267 g/mol. The average molecular weight is 268 g/mol. The van der Waals surface area contributed by atoms with Crippen molar-refractivity contribution in [1.82, 2.24) is 4.98 Å². The molecule has 0 spiro atoms. The number of hydrogen-bond donors (Lipinski definition) is 0. The molecule has 0 aliphatic rings. The predicted molar refractivity (Wildman–Crippen MR) is 71.9 cm³/mol. The quantitative estimate of drug-likeness (QED) is 0.779. The zero-order valence-electron chi connectivity index (χ0n) is 9.87. The molecule has 0 amide bonds. The lowest BCUT2D eigenvalue weighted by atomic mass is 10.1. The van der Waals surface area contributed by atoms with Crippen LogP contribution in [0.1, 0.15) is 21.8 Å². The molecular formula is C13H14ClNOS. The number of ether oxygens (including phenoxy) is 1. The van der Waals surface area contributed by atoms with Gasteiger partial charge in [0.2, 0.25) is 0 Å². The second-order valence-corrected chi connectivity index (χ2v) is 5.22. The van der Waals surface area contributed by atoms with Crippen LogP contribution in [0.15, 0.2) is 23.6 Å². The zero-order chi connectivity index (χ0) is 12.3. The molecule has 0 unspecified atom stereocenters. The predicted octanol–water partition coefficient (Wildman–Crippen LogP) is 4.08. The molecule has 4 heteroatoms. The molecule has 0 aliphatic heterocycles. The van der Waals surface area contributed by atoms with Gasteiger partial charge in [0.1, 0.15) is 12.4 Å². The van der Waals surface area contributed by atoms with E-state index in [2.05, 4.69) is 11.1 Å². The van der Waals surface area contributed by atoms with Gasteiger partial charge in [0.25, 0.3) is 0 Å². The van der Waals surface area contributed by atoms with E-state index < -0.39 is 0 Å². The summed E-state index contributed by atoms with van der Waals surface area (Å²) in [6, 6.07) is 6.04. The van der Waals surface area contributed by atoms with Crippen molar-refractivity contribution in [2.24, 2.45) is 0 Å². The van der Waals surface area contributed by atoms with Crippen molar-refractivity contribution in [3.8, 4) is 5.75 Å². The topological polar surface area (TPSA) is 22.1 Å². The summed E-state index contributed by atoms with van der Waals surface area (Å²) in [6.45, 7) is 4.53. The summed E-state index contributed by atoms with van der Waals surface area (Å²) in [7, 11) is 0. The number of thiazole rings is 1. The molecule has 1 aromatic carbocycles. The van der Waals surface area contributed by atoms with E-state index in [4.69, 9.17) is 16.3 Å². The van der Waals surface area contributed by atoms with Gasteiger partial charge in [-0.1, -0.05) is 17.7 Å². The Morgan fingerprint density at radius 1 is 1.35 bits per heavy atom. The smallest absolute Gasteiger partial charge is 0.131 e. The lowest BCUT2D eigenvalue weighted by molar-refractivity contribution is 0.299. The van der Waals surface area contributed by atoms with Gasteiger partial charge in [0.15, 0.2) is 0 Å². The summed E-state index contributed by atoms with van der Waals surface area (Å²) in [5.41, 5.74) is 3.18. The highest BCUT2D eigenvalue weighted by atomic mass is 35.5. The van der Waals surface area contributed by atoms with Crippen LogP contribution in [-0.4, -0.2) is 4.98 Å². The number of alkyl halides is 1. The lowest BCUT2D eigenvalue weighted by Crippen LogP contribution is -1.98. The fourth-order valence-corrected chi connectivity index (χ4v) is 2.39. The fourth-order valence-electron chi connectivity index (χ4n) is 1.58. The number of aromatic nitrogens is 1. The highest BCUT2D eigenvalue weighted by Crippen LogP contribution is 2.23. The maximum absolute atomic E-state index is 5.90. The van der Waals surface area contributed by atoms with Crippen molar-refractivity contribution >= 4 is 22.9 Å². The van der Waals surface area contributed by atoms with Crippen LogP contribution in [0.4, 0.5) is 0 Å². The summed E-state index contributed by atoms with van der Waals surface area (Å²) in [6.07, 6.45) is 0. The first kappa shape index (κ1) is 12.4. The van der Waals surface area contributed by atoms with Crippen molar-refractivity contribution in [3.63, 3.8) is 0 Å². The number of hydrogen-bond acceptors (Lipinski definition) is 3. The molecule has 1 aromatic heterocycles. The Bertz CT molecular complexity index is 510. The molecule has 1 heterocycles. The van der Waals surface area contributed by atoms with Gasteiger partial charge in [0.05, 0.1) is 16.6 Å². The van der Waals surface area contributed by atoms with Gasteiger partial charge in [-0.05, 0) is 19.9 Å². The Kier molecular flexibility index (Phi) is 4.02. The number of halogens is 1. The van der Waals surface area contributed by atoms with Crippen LogP contribution in [0.5, 0.6) is 5.75 Å². The Balaban J connectivity index is 2.08. The number of aryl methyl sites for hydroxylation is 2. The maximum atomic E-state index is 5.90. The third kappa shape index (κ3) is 3.20. The molecule has 0 atom stereocenters. The molecule has 0 aliphatic carbocycles. The molecule has 0 saturated heterocycles. The second kappa shape index (κ2) is 5.52. The van der Waals surface area contributed by atoms with Crippen molar-refractivity contribution < 1.29 is 4.74 Å². The highest BCUT2D eigenvalue weighted by molar-refractivity contribution is 7.09. The molecule has 0 saturated carbocycles. The van der Waals surface area contributed by atoms with Crippen molar-refractivity contribution in [2.45, 2.75) is 26.3 Å². The standard InChI is InChI=1S/C13H14ClNOS/c1-9-3-4-13(11(5-9)6-14)16-7-12-8-17-10(2)15-12/h3-5,8H,6-7H2,1-2H3. The van der Waals surface area contributed by atoms with Crippen LogP contribution in [-0.2, 0) is 12.5 Å². The first-order valence-electron chi connectivity index (χ1n) is 5.38. The van der Waals surface area contributed by atoms with Gasteiger partial charge < -0.3 is 4.74 Å². The zero-order valence-corrected chi connectivity index (χ0v) is 11.4. The van der Waals surface area contributed by atoms with Crippen LogP contribution in [0.2, 0.25) is 0 Å². The molecule has 2 rings (SSSR count). The summed E-state index contributed by atoms with van der Waals surface area (Å²) in [5, 5.41) is 3.08. The Hall–Kier alpha value is -1.06. The van der Waals surface area contributed by atoms with Crippen LogP contribution in [0, 0.1) is 13.8 Å². The molecule has 0 radical (unpaired) electrons. The van der Waals surface area contributed by atoms with Gasteiger partial charge in [-0.2, -0.15) is 0 Å². The van der Waals surface area contributed by atoms with E-state index in [-0.39, 0.29) is 0 Å². The summed E-state index contributed by atoms with van der Waals surface area (Å²) in [5.74, 6) is 1.31. The van der Waals surface area contributed by atoms with Gasteiger partial charge in [0, 0.05) is 10.9 Å². The van der Waals surface area contributed by atoms with Gasteiger partial charge >= 0.3 is 0 Å². The van der Waals surface area contributed by atoms with E-state index in [9.17, 15) is 0 Å². The van der Waals surface area contributed by atoms with Crippen molar-refractivity contribution in [2.75, 3.05) is 0 Å². The third-order valence-electron chi connectivity index (χ3n) is 2.40. The Morgan fingerprint density at radius 2 is 2.18 bits per heavy atom. The largest absolute Gasteiger partial charge is 0.487 e. The molecule has 2 aromatic rings. The van der Waals surface area contributed by atoms with Crippen LogP contribution in [0.25, 0.3) is 0 Å². The van der Waals surface area contributed by atoms with E-state index >= 15 is 0 Å². The normalized spacial score (nSPS) is 10.5. The Labute approximate surface area is 110 Å². The maximum Gasteiger partial charge on any atom is 0.131 e. The summed E-state index contributed by atoms with van der Waals surface area (Å²) < 4.78 is 5.74. The van der Waals surface area contributed by atoms with E-state index in [1.165, 1.54) is 5.56 Å². The highest BCUT2D eigenvalue weighted by Gasteiger charge is 2.05. The summed E-state index contributed by atoms with van der Waals surface area (Å²) >= 11 is 7.53. The molecule has 2 nitrogen and oxygen atoms in total. The van der Waals surface area contributed by atoms with E-state index in [0.717, 1.165) is 22.0 Å². The number of rotatable bonds is 4. The molecule has 0 bridgehead atoms. The van der Waals surface area contributed by atoms with Crippen molar-refractivity contribution in [1.29, 1.82) is 0 Å². The SMILES string of the molecule is Cc1ccc(OCc2csc(C)n2)c(CCl)c1. The van der Waals surface area contributed by atoms with Crippen molar-refractivity contribution in [3.05, 3.63) is 45.4 Å². The Morgan fingerprint density at radius 3 is 2.82 bits per heavy atom. The molecule has 90 valence electrons. The fraction of sp³-hybridized carbons (Fsp3) is 0.308. The van der Waals surface area contributed by atoms with E-state index in [0.29, 0.717) is 12.5 Å². The van der Waals surface area contributed by atoms with Crippen LogP contribution >= 0.6 is 22.9 Å². The first-order valence-corrected chi connectivity index (χ1v) is 6.80. The average Bonchev–Trinajstić information content (AvgIpc) is 2.73. The van der Waals surface area contributed by atoms with Crippen LogP contribution in [0.3, 0.4) is 0 Å².